The minimum absolute atomic E-state index is 0.211. The summed E-state index contributed by atoms with van der Waals surface area (Å²) in [5.41, 5.74) is 4.38. The molecule has 1 aliphatic rings. The minimum Gasteiger partial charge on any atom is -0.458 e. The molecular weight excluding hydrogens is 252 g/mol. The number of fused-ring (bicyclic) bond motifs is 1. The summed E-state index contributed by atoms with van der Waals surface area (Å²) in [7, 11) is 0. The first-order valence-corrected chi connectivity index (χ1v) is 6.94. The van der Waals surface area contributed by atoms with Gasteiger partial charge < -0.3 is 4.74 Å². The number of aldehydes is 1. The Labute approximate surface area is 119 Å². The number of allylic oxidation sites excluding steroid dienone is 1. The second kappa shape index (κ2) is 6.04. The Morgan fingerprint density at radius 2 is 2.15 bits per heavy atom. The number of esters is 1. The van der Waals surface area contributed by atoms with E-state index in [9.17, 15) is 9.59 Å². The van der Waals surface area contributed by atoms with Crippen molar-refractivity contribution in [3.05, 3.63) is 40.5 Å². The van der Waals surface area contributed by atoms with E-state index in [2.05, 4.69) is 19.1 Å². The van der Waals surface area contributed by atoms with Crippen molar-refractivity contribution in [3.63, 3.8) is 0 Å². The Kier molecular flexibility index (Phi) is 4.38. The van der Waals surface area contributed by atoms with Crippen LogP contribution in [0.4, 0.5) is 0 Å². The Morgan fingerprint density at radius 1 is 1.40 bits per heavy atom. The zero-order valence-electron chi connectivity index (χ0n) is 12.2. The summed E-state index contributed by atoms with van der Waals surface area (Å²) in [6.07, 6.45) is 5.68. The lowest BCUT2D eigenvalue weighted by Crippen LogP contribution is -2.22. The van der Waals surface area contributed by atoms with E-state index in [1.54, 1.807) is 0 Å². The van der Waals surface area contributed by atoms with Crippen LogP contribution in [0.15, 0.2) is 18.2 Å². The number of carbonyl (C=O) groups is 2. The summed E-state index contributed by atoms with van der Waals surface area (Å²) < 4.78 is 5.50. The fraction of sp³-hybridized carbons (Fsp3) is 0.412. The van der Waals surface area contributed by atoms with E-state index in [0.717, 1.165) is 35.8 Å². The van der Waals surface area contributed by atoms with Crippen LogP contribution in [-0.4, -0.2) is 12.3 Å². The van der Waals surface area contributed by atoms with Gasteiger partial charge in [0.25, 0.3) is 0 Å². The molecule has 1 aromatic rings. The second-order valence-corrected chi connectivity index (χ2v) is 5.51. The molecule has 0 unspecified atom stereocenters. The molecule has 2 atom stereocenters. The molecule has 0 aromatic heterocycles. The van der Waals surface area contributed by atoms with Crippen LogP contribution in [0, 0.1) is 12.8 Å². The highest BCUT2D eigenvalue weighted by atomic mass is 16.5. The van der Waals surface area contributed by atoms with Gasteiger partial charge in [-0.2, -0.15) is 0 Å². The van der Waals surface area contributed by atoms with Crippen molar-refractivity contribution < 1.29 is 14.3 Å². The molecular formula is C17H20O3. The number of carbonyl (C=O) groups excluding carboxylic acids is 2. The lowest BCUT2D eigenvalue weighted by molar-refractivity contribution is -0.147. The van der Waals surface area contributed by atoms with Crippen molar-refractivity contribution in [2.45, 2.75) is 39.7 Å². The highest BCUT2D eigenvalue weighted by Gasteiger charge is 2.29. The van der Waals surface area contributed by atoms with Gasteiger partial charge in [-0.25, -0.2) is 0 Å². The molecule has 20 heavy (non-hydrogen) atoms. The molecule has 2 rings (SSSR count). The van der Waals surface area contributed by atoms with Crippen LogP contribution in [-0.2, 0) is 20.7 Å². The average molecular weight is 272 g/mol. The van der Waals surface area contributed by atoms with E-state index in [4.69, 9.17) is 4.74 Å². The third kappa shape index (κ3) is 2.98. The van der Waals surface area contributed by atoms with E-state index in [-0.39, 0.29) is 12.1 Å². The highest BCUT2D eigenvalue weighted by molar-refractivity contribution is 5.76. The minimum atomic E-state index is -0.262. The Bertz CT molecular complexity index is 558. The summed E-state index contributed by atoms with van der Waals surface area (Å²) in [5, 5.41) is 0. The van der Waals surface area contributed by atoms with Crippen molar-refractivity contribution in [3.8, 4) is 0 Å². The van der Waals surface area contributed by atoms with Crippen LogP contribution in [0.25, 0.3) is 6.08 Å². The van der Waals surface area contributed by atoms with Crippen molar-refractivity contribution in [2.75, 3.05) is 0 Å². The standard InChI is InChI=1S/C17H20O3/c1-11-9-14-7-6-12(2)15(5-4-8-18)17(14)16(10-11)20-13(3)19/h4-8,11,16H,9-10H2,1-3H3/b5-4+/t11-,16+/m1/s1. The van der Waals surface area contributed by atoms with E-state index in [1.807, 2.05) is 13.0 Å². The quantitative estimate of drug-likeness (QED) is 0.481. The van der Waals surface area contributed by atoms with Gasteiger partial charge in [-0.15, -0.1) is 0 Å². The van der Waals surface area contributed by atoms with Crippen LogP contribution in [0.5, 0.6) is 0 Å². The third-order valence-corrected chi connectivity index (χ3v) is 3.75. The van der Waals surface area contributed by atoms with Gasteiger partial charge in [-0.1, -0.05) is 25.1 Å². The molecule has 1 aromatic carbocycles. The summed E-state index contributed by atoms with van der Waals surface area (Å²) in [4.78, 5) is 21.9. The van der Waals surface area contributed by atoms with Crippen LogP contribution < -0.4 is 0 Å². The van der Waals surface area contributed by atoms with Gasteiger partial charge in [0.05, 0.1) is 0 Å². The molecule has 0 bridgehead atoms. The number of aryl methyl sites for hydroxylation is 1. The van der Waals surface area contributed by atoms with E-state index in [1.165, 1.54) is 18.6 Å². The molecule has 0 spiro atoms. The molecule has 0 fully saturated rings. The van der Waals surface area contributed by atoms with E-state index in [0.29, 0.717) is 5.92 Å². The fourth-order valence-corrected chi connectivity index (χ4v) is 2.95. The first-order valence-electron chi connectivity index (χ1n) is 6.94. The van der Waals surface area contributed by atoms with Gasteiger partial charge in [-0.05, 0) is 48.4 Å². The Hall–Kier alpha value is -1.90. The number of hydrogen-bond acceptors (Lipinski definition) is 3. The van der Waals surface area contributed by atoms with Gasteiger partial charge in [0.1, 0.15) is 12.4 Å². The molecule has 0 radical (unpaired) electrons. The highest BCUT2D eigenvalue weighted by Crippen LogP contribution is 2.39. The number of ether oxygens (including phenoxy) is 1. The Balaban J connectivity index is 2.54. The van der Waals surface area contributed by atoms with Gasteiger partial charge in [0.15, 0.2) is 0 Å². The number of rotatable bonds is 3. The molecule has 1 aliphatic carbocycles. The van der Waals surface area contributed by atoms with Gasteiger partial charge >= 0.3 is 5.97 Å². The lowest BCUT2D eigenvalue weighted by Gasteiger charge is -2.31. The van der Waals surface area contributed by atoms with Gasteiger partial charge in [0.2, 0.25) is 0 Å². The van der Waals surface area contributed by atoms with Crippen LogP contribution in [0.1, 0.15) is 48.6 Å². The fourth-order valence-electron chi connectivity index (χ4n) is 2.95. The smallest absolute Gasteiger partial charge is 0.303 e. The first kappa shape index (κ1) is 14.5. The topological polar surface area (TPSA) is 43.4 Å². The van der Waals surface area contributed by atoms with E-state index >= 15 is 0 Å². The number of benzene rings is 1. The average Bonchev–Trinajstić information content (AvgIpc) is 2.37. The lowest BCUT2D eigenvalue weighted by atomic mass is 9.79. The van der Waals surface area contributed by atoms with Crippen molar-refractivity contribution in [1.29, 1.82) is 0 Å². The van der Waals surface area contributed by atoms with Crippen LogP contribution in [0.3, 0.4) is 0 Å². The Morgan fingerprint density at radius 3 is 2.80 bits per heavy atom. The number of hydrogen-bond donors (Lipinski definition) is 0. The van der Waals surface area contributed by atoms with Crippen LogP contribution in [0.2, 0.25) is 0 Å². The second-order valence-electron chi connectivity index (χ2n) is 5.51. The molecule has 106 valence electrons. The van der Waals surface area contributed by atoms with Crippen LogP contribution >= 0.6 is 0 Å². The molecule has 0 heterocycles. The largest absolute Gasteiger partial charge is 0.458 e. The summed E-state index contributed by atoms with van der Waals surface area (Å²) in [5.74, 6) is 0.222. The molecule has 0 aliphatic heterocycles. The summed E-state index contributed by atoms with van der Waals surface area (Å²) >= 11 is 0. The van der Waals surface area contributed by atoms with Crippen molar-refractivity contribution >= 4 is 18.3 Å². The zero-order valence-corrected chi connectivity index (χ0v) is 12.2. The molecule has 3 heteroatoms. The third-order valence-electron chi connectivity index (χ3n) is 3.75. The first-order chi connectivity index (χ1) is 9.52. The van der Waals surface area contributed by atoms with Crippen molar-refractivity contribution in [2.24, 2.45) is 5.92 Å². The molecule has 0 N–H and O–H groups in total. The van der Waals surface area contributed by atoms with Gasteiger partial charge in [-0.3, -0.25) is 9.59 Å². The predicted molar refractivity (Wildman–Crippen MR) is 78.3 cm³/mol. The monoisotopic (exact) mass is 272 g/mol. The predicted octanol–water partition coefficient (Wildman–Crippen LogP) is 3.39. The zero-order chi connectivity index (χ0) is 14.7. The molecule has 0 saturated heterocycles. The normalized spacial score (nSPS) is 21.6. The maximum absolute atomic E-state index is 11.3. The van der Waals surface area contributed by atoms with Crippen molar-refractivity contribution in [1.82, 2.24) is 0 Å². The maximum atomic E-state index is 11.3. The maximum Gasteiger partial charge on any atom is 0.303 e. The van der Waals surface area contributed by atoms with Gasteiger partial charge in [0, 0.05) is 12.5 Å². The van der Waals surface area contributed by atoms with E-state index < -0.39 is 0 Å². The molecule has 3 nitrogen and oxygen atoms in total. The SMILES string of the molecule is CC(=O)O[C@H]1C[C@H](C)Cc2ccc(C)c(/C=C/C=O)c21. The molecule has 0 saturated carbocycles. The summed E-state index contributed by atoms with van der Waals surface area (Å²) in [6, 6.07) is 4.17. The summed E-state index contributed by atoms with van der Waals surface area (Å²) in [6.45, 7) is 5.61. The molecule has 0 amide bonds.